The number of azide groups is 1. The van der Waals surface area contributed by atoms with Crippen molar-refractivity contribution < 1.29 is 4.79 Å². The monoisotopic (exact) mass is 182 g/mol. The summed E-state index contributed by atoms with van der Waals surface area (Å²) in [6, 6.07) is 0. The van der Waals surface area contributed by atoms with Crippen LogP contribution in [0.25, 0.3) is 10.4 Å². The van der Waals surface area contributed by atoms with Crippen LogP contribution in [0.5, 0.6) is 0 Å². The van der Waals surface area contributed by atoms with Gasteiger partial charge in [0, 0.05) is 23.9 Å². The first-order valence-corrected chi connectivity index (χ1v) is 4.63. The van der Waals surface area contributed by atoms with Crippen LogP contribution in [0.15, 0.2) is 5.11 Å². The zero-order chi connectivity index (χ0) is 9.52. The first-order valence-electron chi connectivity index (χ1n) is 4.63. The van der Waals surface area contributed by atoms with Crippen LogP contribution in [0.1, 0.15) is 25.7 Å². The Hall–Kier alpha value is -1.22. The average molecular weight is 182 g/mol. The fraction of sp³-hybridized carbons (Fsp3) is 0.875. The zero-order valence-corrected chi connectivity index (χ0v) is 7.57. The van der Waals surface area contributed by atoms with Crippen molar-refractivity contribution in [1.82, 2.24) is 5.32 Å². The van der Waals surface area contributed by atoms with Crippen molar-refractivity contribution in [3.63, 3.8) is 0 Å². The molecule has 0 radical (unpaired) electrons. The number of unbranched alkanes of at least 4 members (excludes halogenated alkanes) is 1. The molecule has 1 amide bonds. The Balaban J connectivity index is 1.88. The molecule has 5 heteroatoms. The molecular formula is C8H14N4O. The Morgan fingerprint density at radius 3 is 2.92 bits per heavy atom. The van der Waals surface area contributed by atoms with Gasteiger partial charge in [-0.3, -0.25) is 4.79 Å². The maximum Gasteiger partial charge on any atom is 0.223 e. The summed E-state index contributed by atoms with van der Waals surface area (Å²) in [4.78, 5) is 13.7. The largest absolute Gasteiger partial charge is 0.356 e. The first kappa shape index (κ1) is 9.86. The quantitative estimate of drug-likeness (QED) is 0.288. The van der Waals surface area contributed by atoms with E-state index in [1.54, 1.807) is 0 Å². The predicted molar refractivity (Wildman–Crippen MR) is 49.0 cm³/mol. The third-order valence-electron chi connectivity index (χ3n) is 2.00. The minimum absolute atomic E-state index is 0.184. The topological polar surface area (TPSA) is 77.9 Å². The minimum atomic E-state index is 0.184. The summed E-state index contributed by atoms with van der Waals surface area (Å²) < 4.78 is 0. The van der Waals surface area contributed by atoms with E-state index >= 15 is 0 Å². The van der Waals surface area contributed by atoms with E-state index in [4.69, 9.17) is 5.53 Å². The standard InChI is InChI=1S/C8H14N4O/c9-12-11-6-2-1-5-10-8(13)7-3-4-7/h7H,1-6H2,(H,10,13). The molecule has 0 heterocycles. The van der Waals surface area contributed by atoms with Gasteiger partial charge in [0.2, 0.25) is 5.91 Å². The minimum Gasteiger partial charge on any atom is -0.356 e. The van der Waals surface area contributed by atoms with Gasteiger partial charge in [-0.15, -0.1) is 0 Å². The van der Waals surface area contributed by atoms with Gasteiger partial charge in [0.1, 0.15) is 0 Å². The zero-order valence-electron chi connectivity index (χ0n) is 7.57. The summed E-state index contributed by atoms with van der Waals surface area (Å²) in [6.45, 7) is 1.23. The van der Waals surface area contributed by atoms with Crippen molar-refractivity contribution in [2.24, 2.45) is 11.0 Å². The molecule has 0 aromatic rings. The van der Waals surface area contributed by atoms with Gasteiger partial charge in [0.15, 0.2) is 0 Å². The normalized spacial score (nSPS) is 14.8. The van der Waals surface area contributed by atoms with Crippen LogP contribution in [-0.4, -0.2) is 19.0 Å². The van der Waals surface area contributed by atoms with E-state index in [0.29, 0.717) is 13.1 Å². The maximum atomic E-state index is 11.1. The van der Waals surface area contributed by atoms with E-state index in [2.05, 4.69) is 15.3 Å². The number of carbonyl (C=O) groups excluding carboxylic acids is 1. The van der Waals surface area contributed by atoms with Crippen molar-refractivity contribution in [2.45, 2.75) is 25.7 Å². The van der Waals surface area contributed by atoms with Gasteiger partial charge >= 0.3 is 0 Å². The lowest BCUT2D eigenvalue weighted by Crippen LogP contribution is -2.25. The average Bonchev–Trinajstić information content (AvgIpc) is 2.93. The third kappa shape index (κ3) is 4.38. The van der Waals surface area contributed by atoms with Gasteiger partial charge < -0.3 is 5.32 Å². The van der Waals surface area contributed by atoms with Gasteiger partial charge in [-0.05, 0) is 31.2 Å². The molecule has 5 nitrogen and oxygen atoms in total. The number of hydrogen-bond donors (Lipinski definition) is 1. The lowest BCUT2D eigenvalue weighted by molar-refractivity contribution is -0.122. The molecular weight excluding hydrogens is 168 g/mol. The molecule has 0 atom stereocenters. The number of nitrogens with one attached hydrogen (secondary N) is 1. The smallest absolute Gasteiger partial charge is 0.223 e. The van der Waals surface area contributed by atoms with Crippen molar-refractivity contribution in [3.8, 4) is 0 Å². The molecule has 0 aliphatic heterocycles. The van der Waals surface area contributed by atoms with E-state index in [1.807, 2.05) is 0 Å². The van der Waals surface area contributed by atoms with E-state index in [1.165, 1.54) is 0 Å². The maximum absolute atomic E-state index is 11.1. The Bertz CT molecular complexity index is 218. The molecule has 0 saturated heterocycles. The van der Waals surface area contributed by atoms with Gasteiger partial charge in [0.05, 0.1) is 0 Å². The summed E-state index contributed by atoms with van der Waals surface area (Å²) in [7, 11) is 0. The SMILES string of the molecule is [N-]=[N+]=NCCCCNC(=O)C1CC1. The number of carbonyl (C=O) groups is 1. The molecule has 1 fully saturated rings. The lowest BCUT2D eigenvalue weighted by Gasteiger charge is -2.01. The fourth-order valence-corrected chi connectivity index (χ4v) is 1.05. The lowest BCUT2D eigenvalue weighted by atomic mass is 10.3. The van der Waals surface area contributed by atoms with Crippen LogP contribution < -0.4 is 5.32 Å². The molecule has 0 spiro atoms. The number of hydrogen-bond acceptors (Lipinski definition) is 2. The van der Waals surface area contributed by atoms with E-state index < -0.39 is 0 Å². The summed E-state index contributed by atoms with van der Waals surface area (Å²) in [5.41, 5.74) is 7.98. The number of nitrogens with zero attached hydrogens (tertiary/aromatic N) is 3. The van der Waals surface area contributed by atoms with E-state index in [-0.39, 0.29) is 11.8 Å². The summed E-state index contributed by atoms with van der Waals surface area (Å²) in [5, 5.41) is 6.25. The first-order chi connectivity index (χ1) is 6.34. The van der Waals surface area contributed by atoms with Gasteiger partial charge in [-0.1, -0.05) is 5.11 Å². The molecule has 13 heavy (non-hydrogen) atoms. The highest BCUT2D eigenvalue weighted by molar-refractivity contribution is 5.80. The Labute approximate surface area is 77.1 Å². The second-order valence-corrected chi connectivity index (χ2v) is 3.23. The Morgan fingerprint density at radius 1 is 1.54 bits per heavy atom. The Kier molecular flexibility index (Phi) is 4.12. The fourth-order valence-electron chi connectivity index (χ4n) is 1.05. The van der Waals surface area contributed by atoms with Crippen molar-refractivity contribution in [2.75, 3.05) is 13.1 Å². The van der Waals surface area contributed by atoms with Crippen LogP contribution in [0.3, 0.4) is 0 Å². The number of rotatable bonds is 6. The summed E-state index contributed by atoms with van der Waals surface area (Å²) in [6.07, 6.45) is 3.82. The molecule has 0 aromatic heterocycles. The van der Waals surface area contributed by atoms with Crippen LogP contribution >= 0.6 is 0 Å². The van der Waals surface area contributed by atoms with Crippen molar-refractivity contribution in [3.05, 3.63) is 10.4 Å². The van der Waals surface area contributed by atoms with Gasteiger partial charge in [-0.2, -0.15) is 0 Å². The highest BCUT2D eigenvalue weighted by Crippen LogP contribution is 2.28. The summed E-state index contributed by atoms with van der Waals surface area (Å²) in [5.74, 6) is 0.473. The summed E-state index contributed by atoms with van der Waals surface area (Å²) >= 11 is 0. The second kappa shape index (κ2) is 5.43. The van der Waals surface area contributed by atoms with Crippen LogP contribution in [0.4, 0.5) is 0 Å². The van der Waals surface area contributed by atoms with Crippen LogP contribution in [0.2, 0.25) is 0 Å². The molecule has 1 aliphatic rings. The van der Waals surface area contributed by atoms with Crippen LogP contribution in [-0.2, 0) is 4.79 Å². The Morgan fingerprint density at radius 2 is 2.31 bits per heavy atom. The predicted octanol–water partition coefficient (Wildman–Crippen LogP) is 1.60. The molecule has 1 saturated carbocycles. The molecule has 72 valence electrons. The number of amides is 1. The highest BCUT2D eigenvalue weighted by Gasteiger charge is 2.28. The van der Waals surface area contributed by atoms with Gasteiger partial charge in [0.25, 0.3) is 0 Å². The van der Waals surface area contributed by atoms with E-state index in [9.17, 15) is 4.79 Å². The molecule has 0 unspecified atom stereocenters. The molecule has 0 bridgehead atoms. The highest BCUT2D eigenvalue weighted by atomic mass is 16.2. The van der Waals surface area contributed by atoms with Crippen molar-refractivity contribution in [1.29, 1.82) is 0 Å². The third-order valence-corrected chi connectivity index (χ3v) is 2.00. The molecule has 1 aliphatic carbocycles. The molecule has 0 aromatic carbocycles. The van der Waals surface area contributed by atoms with Crippen molar-refractivity contribution >= 4 is 5.91 Å². The molecule has 1 N–H and O–H groups in total. The molecule has 1 rings (SSSR count). The van der Waals surface area contributed by atoms with Crippen LogP contribution in [0, 0.1) is 5.92 Å². The van der Waals surface area contributed by atoms with E-state index in [0.717, 1.165) is 25.7 Å². The van der Waals surface area contributed by atoms with Gasteiger partial charge in [-0.25, -0.2) is 0 Å². The second-order valence-electron chi connectivity index (χ2n) is 3.23.